The van der Waals surface area contributed by atoms with Crippen molar-refractivity contribution in [1.29, 1.82) is 0 Å². The molecular formula is C22H24N2O8S. The van der Waals surface area contributed by atoms with Crippen molar-refractivity contribution in [2.24, 2.45) is 5.92 Å². The fourth-order valence-corrected chi connectivity index (χ4v) is 5.33. The Morgan fingerprint density at radius 1 is 1.21 bits per heavy atom. The van der Waals surface area contributed by atoms with E-state index in [-0.39, 0.29) is 36.2 Å². The average Bonchev–Trinajstić information content (AvgIpc) is 2.82. The van der Waals surface area contributed by atoms with Crippen LogP contribution in [0.5, 0.6) is 5.75 Å². The van der Waals surface area contributed by atoms with Crippen LogP contribution >= 0.6 is 0 Å². The van der Waals surface area contributed by atoms with Gasteiger partial charge in [0.25, 0.3) is 5.69 Å². The first-order chi connectivity index (χ1) is 15.8. The second-order valence-corrected chi connectivity index (χ2v) is 10.1. The lowest BCUT2D eigenvalue weighted by molar-refractivity contribution is -0.385. The van der Waals surface area contributed by atoms with E-state index in [4.69, 9.17) is 14.2 Å². The molecule has 1 fully saturated rings. The molecule has 11 heteroatoms. The van der Waals surface area contributed by atoms with Gasteiger partial charge in [-0.2, -0.15) is 4.31 Å². The number of piperidine rings is 1. The Balaban J connectivity index is 1.46. The summed E-state index contributed by atoms with van der Waals surface area (Å²) in [7, 11) is -3.62. The first-order valence-electron chi connectivity index (χ1n) is 10.5. The highest BCUT2D eigenvalue weighted by molar-refractivity contribution is 7.89. The first-order valence-corrected chi connectivity index (χ1v) is 12.0. The monoisotopic (exact) mass is 476 g/mol. The summed E-state index contributed by atoms with van der Waals surface area (Å²) in [5.74, 6) is 0.221. The normalized spacial score (nSPS) is 17.1. The van der Waals surface area contributed by atoms with E-state index >= 15 is 0 Å². The van der Waals surface area contributed by atoms with Crippen molar-refractivity contribution in [3.05, 3.63) is 63.2 Å². The van der Waals surface area contributed by atoms with Gasteiger partial charge in [-0.1, -0.05) is 6.92 Å². The van der Waals surface area contributed by atoms with Gasteiger partial charge in [-0.25, -0.2) is 13.2 Å². The molecule has 2 aliphatic heterocycles. The van der Waals surface area contributed by atoms with Gasteiger partial charge in [-0.05, 0) is 43.0 Å². The second kappa shape index (κ2) is 9.46. The number of carbonyl (C=O) groups is 1. The highest BCUT2D eigenvalue weighted by Crippen LogP contribution is 2.33. The zero-order valence-electron chi connectivity index (χ0n) is 18.1. The van der Waals surface area contributed by atoms with Gasteiger partial charge in [0.2, 0.25) is 10.0 Å². The number of fused-ring (bicyclic) bond motifs is 1. The molecule has 0 radical (unpaired) electrons. The molecule has 0 bridgehead atoms. The highest BCUT2D eigenvalue weighted by atomic mass is 32.2. The van der Waals surface area contributed by atoms with Crippen LogP contribution in [0.3, 0.4) is 0 Å². The molecule has 0 unspecified atom stereocenters. The van der Waals surface area contributed by atoms with Crippen LogP contribution in [0, 0.1) is 16.0 Å². The maximum Gasteiger partial charge on any atom is 0.338 e. The number of carbonyl (C=O) groups excluding carboxylic acids is 1. The van der Waals surface area contributed by atoms with Crippen LogP contribution in [-0.2, 0) is 32.7 Å². The van der Waals surface area contributed by atoms with Crippen molar-refractivity contribution < 1.29 is 32.3 Å². The number of benzene rings is 2. The van der Waals surface area contributed by atoms with Crippen LogP contribution in [0.2, 0.25) is 0 Å². The van der Waals surface area contributed by atoms with Crippen LogP contribution in [0.4, 0.5) is 5.69 Å². The number of hydrogen-bond acceptors (Lipinski definition) is 8. The molecule has 0 saturated carbocycles. The minimum atomic E-state index is -3.62. The summed E-state index contributed by atoms with van der Waals surface area (Å²) in [5, 5.41) is 11.2. The third-order valence-electron chi connectivity index (χ3n) is 5.81. The molecule has 10 nitrogen and oxygen atoms in total. The van der Waals surface area contributed by atoms with Crippen molar-refractivity contribution in [3.63, 3.8) is 0 Å². The third kappa shape index (κ3) is 5.00. The lowest BCUT2D eigenvalue weighted by atomic mass is 10.0. The number of ether oxygens (including phenoxy) is 3. The van der Waals surface area contributed by atoms with E-state index in [0.717, 1.165) is 12.8 Å². The Bertz CT molecular complexity index is 1160. The zero-order valence-corrected chi connectivity index (χ0v) is 18.9. The second-order valence-electron chi connectivity index (χ2n) is 8.15. The smallest absolute Gasteiger partial charge is 0.338 e. The van der Waals surface area contributed by atoms with Gasteiger partial charge in [-0.3, -0.25) is 10.1 Å². The molecule has 1 saturated heterocycles. The summed E-state index contributed by atoms with van der Waals surface area (Å²) < 4.78 is 43.1. The molecule has 33 heavy (non-hydrogen) atoms. The van der Waals surface area contributed by atoms with E-state index in [1.54, 1.807) is 0 Å². The molecule has 2 aliphatic rings. The summed E-state index contributed by atoms with van der Waals surface area (Å²) in [5.41, 5.74) is 0.873. The number of nitrogens with zero attached hydrogens (tertiary/aromatic N) is 2. The molecule has 0 atom stereocenters. The number of esters is 1. The minimum absolute atomic E-state index is 0.00236. The molecule has 0 amide bonds. The van der Waals surface area contributed by atoms with Gasteiger partial charge in [0, 0.05) is 36.3 Å². The quantitative estimate of drug-likeness (QED) is 0.353. The van der Waals surface area contributed by atoms with Crippen LogP contribution in [0.15, 0.2) is 41.3 Å². The van der Waals surface area contributed by atoms with Crippen molar-refractivity contribution in [1.82, 2.24) is 4.31 Å². The third-order valence-corrected chi connectivity index (χ3v) is 7.72. The van der Waals surface area contributed by atoms with E-state index in [1.165, 1.54) is 40.7 Å². The summed E-state index contributed by atoms with van der Waals surface area (Å²) in [6, 6.07) is 8.23. The first kappa shape index (κ1) is 23.1. The van der Waals surface area contributed by atoms with Crippen LogP contribution in [0.1, 0.15) is 41.3 Å². The average molecular weight is 477 g/mol. The predicted molar refractivity (Wildman–Crippen MR) is 116 cm³/mol. The van der Waals surface area contributed by atoms with Crippen LogP contribution < -0.4 is 4.74 Å². The number of sulfonamides is 1. The van der Waals surface area contributed by atoms with Crippen molar-refractivity contribution in [3.8, 4) is 5.75 Å². The largest absolute Gasteiger partial charge is 0.467 e. The highest BCUT2D eigenvalue weighted by Gasteiger charge is 2.28. The molecule has 0 spiro atoms. The Morgan fingerprint density at radius 2 is 1.91 bits per heavy atom. The number of nitro benzene ring substituents is 1. The molecule has 2 aromatic rings. The number of non-ortho nitro benzene ring substituents is 1. The summed E-state index contributed by atoms with van der Waals surface area (Å²) in [6.45, 7) is 2.98. The van der Waals surface area contributed by atoms with Crippen molar-refractivity contribution >= 4 is 21.7 Å². The SMILES string of the molecule is CC1CCN(S(=O)(=O)c2ccc(C(=O)OCc3cc([N+](=O)[O-])cc4c3OCOC4)cc2)CC1. The van der Waals surface area contributed by atoms with Gasteiger partial charge >= 0.3 is 5.97 Å². The fraction of sp³-hybridized carbons (Fsp3) is 0.409. The molecule has 4 rings (SSSR count). The number of rotatable bonds is 6. The number of nitro groups is 1. The summed E-state index contributed by atoms with van der Waals surface area (Å²) >= 11 is 0. The predicted octanol–water partition coefficient (Wildman–Crippen LogP) is 3.24. The molecular weight excluding hydrogens is 452 g/mol. The van der Waals surface area contributed by atoms with Crippen LogP contribution in [-0.4, -0.2) is 43.5 Å². The van der Waals surface area contributed by atoms with E-state index in [0.29, 0.717) is 35.9 Å². The Morgan fingerprint density at radius 3 is 2.58 bits per heavy atom. The Labute approximate surface area is 191 Å². The lowest BCUT2D eigenvalue weighted by Crippen LogP contribution is -2.37. The van der Waals surface area contributed by atoms with Gasteiger partial charge in [0.15, 0.2) is 6.79 Å². The van der Waals surface area contributed by atoms with E-state index in [2.05, 4.69) is 6.92 Å². The van der Waals surface area contributed by atoms with Crippen molar-refractivity contribution in [2.75, 3.05) is 19.9 Å². The standard InChI is InChI=1S/C22H24N2O8S/c1-15-6-8-23(9-7-15)33(28,29)20-4-2-16(3-5-20)22(25)31-13-18-11-19(24(26)27)10-17-12-30-14-32-21(17)18/h2-5,10-11,15H,6-9,12-14H2,1H3. The molecule has 2 heterocycles. The van der Waals surface area contributed by atoms with Gasteiger partial charge < -0.3 is 14.2 Å². The van der Waals surface area contributed by atoms with Crippen molar-refractivity contribution in [2.45, 2.75) is 37.9 Å². The molecule has 0 aromatic heterocycles. The topological polar surface area (TPSA) is 125 Å². The van der Waals surface area contributed by atoms with E-state index in [9.17, 15) is 23.3 Å². The minimum Gasteiger partial charge on any atom is -0.467 e. The zero-order chi connectivity index (χ0) is 23.6. The maximum atomic E-state index is 12.8. The fourth-order valence-electron chi connectivity index (χ4n) is 3.86. The van der Waals surface area contributed by atoms with E-state index in [1.807, 2.05) is 0 Å². The maximum absolute atomic E-state index is 12.8. The molecule has 2 aromatic carbocycles. The van der Waals surface area contributed by atoms with Crippen LogP contribution in [0.25, 0.3) is 0 Å². The molecule has 176 valence electrons. The van der Waals surface area contributed by atoms with Gasteiger partial charge in [-0.15, -0.1) is 0 Å². The van der Waals surface area contributed by atoms with E-state index < -0.39 is 20.9 Å². The lowest BCUT2D eigenvalue weighted by Gasteiger charge is -2.29. The van der Waals surface area contributed by atoms with Gasteiger partial charge in [0.05, 0.1) is 22.0 Å². The summed E-state index contributed by atoms with van der Waals surface area (Å²) in [4.78, 5) is 23.3. The van der Waals surface area contributed by atoms with Gasteiger partial charge in [0.1, 0.15) is 12.4 Å². The Kier molecular flexibility index (Phi) is 6.63. The number of hydrogen-bond donors (Lipinski definition) is 0. The molecule has 0 N–H and O–H groups in total. The summed E-state index contributed by atoms with van der Waals surface area (Å²) in [6.07, 6.45) is 1.64. The Hall–Kier alpha value is -3.02. The molecule has 0 aliphatic carbocycles.